The number of aliphatic carboxylic acids is 1. The molecule has 1 aromatic carbocycles. The average Bonchev–Trinajstić information content (AvgIpc) is 2.15. The molecule has 17 heavy (non-hydrogen) atoms. The van der Waals surface area contributed by atoms with E-state index in [1.54, 1.807) is 0 Å². The molecule has 0 atom stereocenters. The van der Waals surface area contributed by atoms with Crippen LogP contribution in [0.25, 0.3) is 0 Å². The van der Waals surface area contributed by atoms with Crippen molar-refractivity contribution in [1.29, 1.82) is 0 Å². The fourth-order valence-corrected chi connectivity index (χ4v) is 1.77. The zero-order valence-electron chi connectivity index (χ0n) is 8.18. The Bertz CT molecular complexity index is 531. The van der Waals surface area contributed by atoms with Gasteiger partial charge in [-0.2, -0.15) is 0 Å². The number of rotatable bonds is 5. The van der Waals surface area contributed by atoms with Gasteiger partial charge >= 0.3 is 5.97 Å². The maximum atomic E-state index is 13.1. The maximum Gasteiger partial charge on any atom is 0.331 e. The van der Waals surface area contributed by atoms with Crippen molar-refractivity contribution in [3.63, 3.8) is 0 Å². The van der Waals surface area contributed by atoms with Crippen molar-refractivity contribution in [2.24, 2.45) is 0 Å². The smallest absolute Gasteiger partial charge is 0.331 e. The summed E-state index contributed by atoms with van der Waals surface area (Å²) in [6.07, 6.45) is 0. The first kappa shape index (κ1) is 13.5. The molecule has 0 spiro atoms. The molecule has 0 heterocycles. The Kier molecular flexibility index (Phi) is 4.10. The predicted molar refractivity (Wildman–Crippen MR) is 50.3 cm³/mol. The van der Waals surface area contributed by atoms with Crippen LogP contribution in [-0.2, 0) is 19.7 Å². The lowest BCUT2D eigenvalue weighted by molar-refractivity contribution is -0.143. The molecule has 0 amide bonds. The van der Waals surface area contributed by atoms with Gasteiger partial charge in [0, 0.05) is 6.07 Å². The molecule has 9 heteroatoms. The normalized spacial score (nSPS) is 11.4. The summed E-state index contributed by atoms with van der Waals surface area (Å²) in [6.45, 7) is -0.929. The fourth-order valence-electron chi connectivity index (χ4n) is 0.907. The molecule has 0 aromatic heterocycles. The van der Waals surface area contributed by atoms with Crippen LogP contribution in [0, 0.1) is 11.6 Å². The Morgan fingerprint density at radius 3 is 2.59 bits per heavy atom. The lowest BCUT2D eigenvalue weighted by atomic mass is 10.3. The third-order valence-corrected chi connectivity index (χ3v) is 2.80. The Labute approximate surface area is 94.8 Å². The molecule has 1 aromatic rings. The number of sulfonamides is 1. The predicted octanol–water partition coefficient (Wildman–Crippen LogP) is 0.259. The number of hydrogen-bond donors (Lipinski definition) is 2. The minimum absolute atomic E-state index is 0.381. The van der Waals surface area contributed by atoms with Crippen molar-refractivity contribution >= 4 is 16.0 Å². The number of carbonyl (C=O) groups is 1. The zero-order valence-corrected chi connectivity index (χ0v) is 9.00. The topological polar surface area (TPSA) is 92.7 Å². The summed E-state index contributed by atoms with van der Waals surface area (Å²) in [5, 5.41) is 8.19. The van der Waals surface area contributed by atoms with E-state index in [2.05, 4.69) is 4.84 Å². The fraction of sp³-hybridized carbons (Fsp3) is 0.125. The van der Waals surface area contributed by atoms with Gasteiger partial charge in [0.15, 0.2) is 6.61 Å². The highest BCUT2D eigenvalue weighted by molar-refractivity contribution is 7.89. The van der Waals surface area contributed by atoms with E-state index in [0.29, 0.717) is 12.1 Å². The summed E-state index contributed by atoms with van der Waals surface area (Å²) in [4.78, 5) is 14.7. The summed E-state index contributed by atoms with van der Waals surface area (Å²) >= 11 is 0. The molecule has 0 saturated heterocycles. The zero-order chi connectivity index (χ0) is 13.1. The molecule has 0 unspecified atom stereocenters. The van der Waals surface area contributed by atoms with Crippen LogP contribution in [0.5, 0.6) is 0 Å². The van der Waals surface area contributed by atoms with E-state index in [1.807, 2.05) is 0 Å². The molecular formula is C8H7F2NO5S. The average molecular weight is 267 g/mol. The van der Waals surface area contributed by atoms with E-state index >= 15 is 0 Å². The maximum absolute atomic E-state index is 13.1. The van der Waals surface area contributed by atoms with Gasteiger partial charge in [0.2, 0.25) is 0 Å². The van der Waals surface area contributed by atoms with Gasteiger partial charge in [-0.25, -0.2) is 22.0 Å². The van der Waals surface area contributed by atoms with Gasteiger partial charge in [-0.15, -0.1) is 0 Å². The van der Waals surface area contributed by atoms with Crippen LogP contribution in [0.4, 0.5) is 8.78 Å². The Morgan fingerprint density at radius 2 is 2.06 bits per heavy atom. The van der Waals surface area contributed by atoms with Gasteiger partial charge in [0.05, 0.1) is 0 Å². The standard InChI is InChI=1S/C8H7F2NO5S/c9-5-1-2-7(6(10)3-5)17(14,15)11-16-4-8(12)13/h1-3,11H,4H2,(H,12,13). The number of hydrogen-bond acceptors (Lipinski definition) is 4. The molecule has 0 fully saturated rings. The summed E-state index contributed by atoms with van der Waals surface area (Å²) in [5.41, 5.74) is 0. The molecule has 6 nitrogen and oxygen atoms in total. The van der Waals surface area contributed by atoms with Crippen molar-refractivity contribution < 1.29 is 31.9 Å². The minimum Gasteiger partial charge on any atom is -0.479 e. The van der Waals surface area contributed by atoms with Crippen molar-refractivity contribution in [3.8, 4) is 0 Å². The van der Waals surface area contributed by atoms with E-state index < -0.39 is 39.1 Å². The van der Waals surface area contributed by atoms with Gasteiger partial charge in [0.1, 0.15) is 16.5 Å². The highest BCUT2D eigenvalue weighted by Gasteiger charge is 2.20. The monoisotopic (exact) mass is 267 g/mol. The van der Waals surface area contributed by atoms with E-state index in [4.69, 9.17) is 5.11 Å². The lowest BCUT2D eigenvalue weighted by Crippen LogP contribution is -2.27. The Morgan fingerprint density at radius 1 is 1.41 bits per heavy atom. The van der Waals surface area contributed by atoms with E-state index in [9.17, 15) is 22.0 Å². The third-order valence-electron chi connectivity index (χ3n) is 1.55. The highest BCUT2D eigenvalue weighted by atomic mass is 32.2. The van der Waals surface area contributed by atoms with Crippen LogP contribution in [0.3, 0.4) is 0 Å². The number of carboxylic acid groups (broad SMARTS) is 1. The van der Waals surface area contributed by atoms with Gasteiger partial charge < -0.3 is 5.11 Å². The van der Waals surface area contributed by atoms with E-state index in [1.165, 1.54) is 4.89 Å². The Balaban J connectivity index is 2.86. The lowest BCUT2D eigenvalue weighted by Gasteiger charge is -2.06. The second-order valence-corrected chi connectivity index (χ2v) is 4.46. The van der Waals surface area contributed by atoms with Crippen LogP contribution in [0.15, 0.2) is 23.1 Å². The molecule has 0 radical (unpaired) electrons. The second-order valence-electron chi connectivity index (χ2n) is 2.84. The highest BCUT2D eigenvalue weighted by Crippen LogP contribution is 2.14. The van der Waals surface area contributed by atoms with Crippen LogP contribution in [0.1, 0.15) is 0 Å². The quantitative estimate of drug-likeness (QED) is 0.746. The number of halogens is 2. The summed E-state index contributed by atoms with van der Waals surface area (Å²) in [7, 11) is -4.38. The molecular weight excluding hydrogens is 260 g/mol. The van der Waals surface area contributed by atoms with Crippen LogP contribution >= 0.6 is 0 Å². The SMILES string of the molecule is O=C(O)CONS(=O)(=O)c1ccc(F)cc1F. The summed E-state index contributed by atoms with van der Waals surface area (Å²) in [5.74, 6) is -3.66. The first-order valence-electron chi connectivity index (χ1n) is 4.13. The molecule has 0 aliphatic rings. The number of nitrogens with one attached hydrogen (secondary N) is 1. The van der Waals surface area contributed by atoms with Gasteiger partial charge in [-0.3, -0.25) is 4.84 Å². The Hall–Kier alpha value is -1.58. The summed E-state index contributed by atoms with van der Waals surface area (Å²) < 4.78 is 48.3. The molecule has 0 saturated carbocycles. The molecule has 0 aliphatic heterocycles. The second kappa shape index (κ2) is 5.17. The number of benzene rings is 1. The summed E-state index contributed by atoms with van der Waals surface area (Å²) in [6, 6.07) is 1.82. The van der Waals surface area contributed by atoms with Crippen LogP contribution < -0.4 is 4.89 Å². The first-order valence-corrected chi connectivity index (χ1v) is 5.61. The van der Waals surface area contributed by atoms with Crippen molar-refractivity contribution in [2.75, 3.05) is 6.61 Å². The molecule has 0 aliphatic carbocycles. The van der Waals surface area contributed by atoms with Gasteiger partial charge in [0.25, 0.3) is 10.0 Å². The largest absolute Gasteiger partial charge is 0.479 e. The third kappa shape index (κ3) is 3.73. The molecule has 0 bridgehead atoms. The number of carboxylic acids is 1. The van der Waals surface area contributed by atoms with Crippen molar-refractivity contribution in [2.45, 2.75) is 4.90 Å². The molecule has 1 rings (SSSR count). The van der Waals surface area contributed by atoms with Crippen LogP contribution in [0.2, 0.25) is 0 Å². The van der Waals surface area contributed by atoms with Crippen molar-refractivity contribution in [3.05, 3.63) is 29.8 Å². The van der Waals surface area contributed by atoms with Gasteiger partial charge in [-0.1, -0.05) is 4.89 Å². The van der Waals surface area contributed by atoms with E-state index in [0.717, 1.165) is 6.07 Å². The van der Waals surface area contributed by atoms with E-state index in [-0.39, 0.29) is 0 Å². The van der Waals surface area contributed by atoms with Gasteiger partial charge in [-0.05, 0) is 12.1 Å². The molecule has 2 N–H and O–H groups in total. The van der Waals surface area contributed by atoms with Crippen LogP contribution in [-0.4, -0.2) is 26.1 Å². The molecule has 94 valence electrons. The minimum atomic E-state index is -4.38. The van der Waals surface area contributed by atoms with Crippen molar-refractivity contribution in [1.82, 2.24) is 4.89 Å². The first-order chi connectivity index (χ1) is 7.83.